The van der Waals surface area contributed by atoms with Crippen LogP contribution >= 0.6 is 0 Å². The van der Waals surface area contributed by atoms with Crippen LogP contribution in [0.25, 0.3) is 6.08 Å². The molecule has 0 atom stereocenters. The molecule has 0 aliphatic carbocycles. The molecular formula is C19H26F3NO3. The molecule has 0 heterocycles. The first-order chi connectivity index (χ1) is 12.3. The van der Waals surface area contributed by atoms with Gasteiger partial charge in [-0.25, -0.2) is 0 Å². The predicted octanol–water partition coefficient (Wildman–Crippen LogP) is 4.82. The van der Waals surface area contributed by atoms with Gasteiger partial charge in [0.2, 0.25) is 5.91 Å². The van der Waals surface area contributed by atoms with Crippen molar-refractivity contribution < 1.29 is 27.4 Å². The summed E-state index contributed by atoms with van der Waals surface area (Å²) < 4.78 is 51.6. The number of amides is 1. The molecule has 0 aromatic heterocycles. The minimum absolute atomic E-state index is 0.0425. The monoisotopic (exact) mass is 373 g/mol. The third kappa shape index (κ3) is 6.98. The molecule has 0 aliphatic heterocycles. The van der Waals surface area contributed by atoms with Crippen LogP contribution in [-0.4, -0.2) is 26.2 Å². The van der Waals surface area contributed by atoms with Gasteiger partial charge in [-0.05, 0) is 36.6 Å². The van der Waals surface area contributed by atoms with Crippen LogP contribution in [0.5, 0.6) is 11.5 Å². The highest BCUT2D eigenvalue weighted by Crippen LogP contribution is 2.43. The largest absolute Gasteiger partial charge is 0.490 e. The lowest BCUT2D eigenvalue weighted by Gasteiger charge is -2.19. The van der Waals surface area contributed by atoms with E-state index in [1.165, 1.54) is 25.3 Å². The molecule has 1 N–H and O–H groups in total. The number of unbranched alkanes of at least 4 members (excludes halogenated alkanes) is 2. The van der Waals surface area contributed by atoms with Crippen molar-refractivity contribution >= 4 is 12.0 Å². The van der Waals surface area contributed by atoms with Gasteiger partial charge in [-0.3, -0.25) is 4.79 Å². The maximum absolute atomic E-state index is 13.5. The predicted molar refractivity (Wildman–Crippen MR) is 95.4 cm³/mol. The van der Waals surface area contributed by atoms with E-state index < -0.39 is 17.6 Å². The molecule has 0 fully saturated rings. The molecule has 0 unspecified atom stereocenters. The zero-order chi connectivity index (χ0) is 19.6. The molecule has 26 heavy (non-hydrogen) atoms. The van der Waals surface area contributed by atoms with E-state index in [0.29, 0.717) is 19.4 Å². The molecule has 7 heteroatoms. The summed E-state index contributed by atoms with van der Waals surface area (Å²) in [6, 6.07) is 2.43. The number of halogens is 3. The zero-order valence-electron chi connectivity index (χ0n) is 15.4. The van der Waals surface area contributed by atoms with E-state index in [9.17, 15) is 18.0 Å². The minimum Gasteiger partial charge on any atom is -0.490 e. The van der Waals surface area contributed by atoms with Crippen LogP contribution < -0.4 is 14.8 Å². The van der Waals surface area contributed by atoms with E-state index in [1.807, 2.05) is 13.8 Å². The first kappa shape index (κ1) is 21.9. The summed E-state index contributed by atoms with van der Waals surface area (Å²) in [5, 5.41) is 2.38. The van der Waals surface area contributed by atoms with Gasteiger partial charge in [-0.15, -0.1) is 0 Å². The number of hydrogen-bond donors (Lipinski definition) is 1. The molecule has 0 saturated carbocycles. The molecule has 1 aromatic carbocycles. The van der Waals surface area contributed by atoms with Crippen LogP contribution in [0, 0.1) is 0 Å². The number of alkyl halides is 3. The Labute approximate surface area is 152 Å². The fourth-order valence-corrected chi connectivity index (χ4v) is 2.09. The minimum atomic E-state index is -4.60. The highest BCUT2D eigenvalue weighted by molar-refractivity contribution is 5.91. The quantitative estimate of drug-likeness (QED) is 0.472. The van der Waals surface area contributed by atoms with Crippen molar-refractivity contribution in [1.82, 2.24) is 5.32 Å². The van der Waals surface area contributed by atoms with E-state index >= 15 is 0 Å². The van der Waals surface area contributed by atoms with E-state index in [4.69, 9.17) is 9.47 Å². The average Bonchev–Trinajstić information content (AvgIpc) is 2.60. The van der Waals surface area contributed by atoms with Gasteiger partial charge in [-0.1, -0.05) is 26.7 Å². The average molecular weight is 373 g/mol. The van der Waals surface area contributed by atoms with Crippen LogP contribution in [0.3, 0.4) is 0 Å². The molecular weight excluding hydrogens is 347 g/mol. The lowest BCUT2D eigenvalue weighted by atomic mass is 10.1. The van der Waals surface area contributed by atoms with Crippen LogP contribution in [-0.2, 0) is 11.0 Å². The zero-order valence-corrected chi connectivity index (χ0v) is 15.4. The van der Waals surface area contributed by atoms with Gasteiger partial charge < -0.3 is 14.8 Å². The third-order valence-corrected chi connectivity index (χ3v) is 3.56. The van der Waals surface area contributed by atoms with E-state index in [2.05, 4.69) is 5.32 Å². The number of rotatable bonds is 10. The maximum Gasteiger partial charge on any atom is 0.420 e. The number of benzene rings is 1. The summed E-state index contributed by atoms with van der Waals surface area (Å²) in [6.07, 6.45) is 0.910. The van der Waals surface area contributed by atoms with Crippen molar-refractivity contribution in [3.05, 3.63) is 29.3 Å². The van der Waals surface area contributed by atoms with Crippen molar-refractivity contribution in [1.29, 1.82) is 0 Å². The molecule has 0 saturated heterocycles. The Bertz CT molecular complexity index is 613. The Morgan fingerprint density at radius 3 is 2.27 bits per heavy atom. The van der Waals surface area contributed by atoms with Crippen molar-refractivity contribution in [2.75, 3.05) is 20.3 Å². The second kappa shape index (κ2) is 10.7. The van der Waals surface area contributed by atoms with Gasteiger partial charge in [0.15, 0.2) is 11.5 Å². The molecule has 0 radical (unpaired) electrons. The van der Waals surface area contributed by atoms with Crippen molar-refractivity contribution in [3.8, 4) is 11.5 Å². The molecule has 1 amide bonds. The van der Waals surface area contributed by atoms with Gasteiger partial charge in [-0.2, -0.15) is 13.2 Å². The molecule has 0 bridgehead atoms. The smallest absolute Gasteiger partial charge is 0.420 e. The van der Waals surface area contributed by atoms with E-state index in [0.717, 1.165) is 18.9 Å². The number of ether oxygens (including phenoxy) is 2. The highest BCUT2D eigenvalue weighted by Gasteiger charge is 2.36. The van der Waals surface area contributed by atoms with Crippen LogP contribution in [0.15, 0.2) is 18.2 Å². The normalized spacial score (nSPS) is 11.6. The topological polar surface area (TPSA) is 47.6 Å². The SMILES string of the molecule is CCCCOc1cc(/C=C/C(=O)NC)cc(C(F)(F)F)c1OCCCC. The second-order valence-electron chi connectivity index (χ2n) is 5.75. The molecule has 0 aliphatic rings. The molecule has 146 valence electrons. The number of carbonyl (C=O) groups excluding carboxylic acids is 1. The summed E-state index contributed by atoms with van der Waals surface area (Å²) in [7, 11) is 1.44. The van der Waals surface area contributed by atoms with Crippen molar-refractivity contribution in [2.24, 2.45) is 0 Å². The third-order valence-electron chi connectivity index (χ3n) is 3.56. The van der Waals surface area contributed by atoms with Crippen LogP contribution in [0.1, 0.15) is 50.7 Å². The number of carbonyl (C=O) groups is 1. The second-order valence-corrected chi connectivity index (χ2v) is 5.75. The molecule has 1 rings (SSSR count). The Morgan fingerprint density at radius 1 is 1.12 bits per heavy atom. The standard InChI is InChI=1S/C19H26F3NO3/c1-4-6-10-25-16-13-14(8-9-17(24)23-3)12-15(19(20,21)22)18(16)26-11-7-5-2/h8-9,12-13H,4-7,10-11H2,1-3H3,(H,23,24)/b9-8+. The Balaban J connectivity index is 3.32. The number of nitrogens with one attached hydrogen (secondary N) is 1. The van der Waals surface area contributed by atoms with Crippen LogP contribution in [0.4, 0.5) is 13.2 Å². The number of likely N-dealkylation sites (N-methyl/N-ethyl adjacent to an activating group) is 1. The Kier molecular flexibility index (Phi) is 9.02. The van der Waals surface area contributed by atoms with Gasteiger partial charge in [0, 0.05) is 13.1 Å². The summed E-state index contributed by atoms with van der Waals surface area (Å²) in [4.78, 5) is 11.3. The fraction of sp³-hybridized carbons (Fsp3) is 0.526. The van der Waals surface area contributed by atoms with Gasteiger partial charge in [0.25, 0.3) is 0 Å². The molecule has 4 nitrogen and oxygen atoms in total. The van der Waals surface area contributed by atoms with Gasteiger partial charge >= 0.3 is 6.18 Å². The molecule has 1 aromatic rings. The van der Waals surface area contributed by atoms with Crippen LogP contribution in [0.2, 0.25) is 0 Å². The van der Waals surface area contributed by atoms with Gasteiger partial charge in [0.05, 0.1) is 13.2 Å². The Morgan fingerprint density at radius 2 is 1.73 bits per heavy atom. The Hall–Kier alpha value is -2.18. The highest BCUT2D eigenvalue weighted by atomic mass is 19.4. The first-order valence-electron chi connectivity index (χ1n) is 8.74. The van der Waals surface area contributed by atoms with E-state index in [-0.39, 0.29) is 23.7 Å². The summed E-state index contributed by atoms with van der Waals surface area (Å²) in [6.45, 7) is 4.36. The fourth-order valence-electron chi connectivity index (χ4n) is 2.09. The maximum atomic E-state index is 13.5. The summed E-state index contributed by atoms with van der Waals surface area (Å²) in [5.74, 6) is -0.657. The van der Waals surface area contributed by atoms with E-state index in [1.54, 1.807) is 0 Å². The first-order valence-corrected chi connectivity index (χ1v) is 8.74. The summed E-state index contributed by atoms with van der Waals surface area (Å²) in [5.41, 5.74) is -0.686. The number of hydrogen-bond acceptors (Lipinski definition) is 3. The summed E-state index contributed by atoms with van der Waals surface area (Å²) >= 11 is 0. The molecule has 0 spiro atoms. The van der Waals surface area contributed by atoms with Crippen molar-refractivity contribution in [2.45, 2.75) is 45.7 Å². The van der Waals surface area contributed by atoms with Gasteiger partial charge in [0.1, 0.15) is 5.56 Å². The lowest BCUT2D eigenvalue weighted by Crippen LogP contribution is -2.14. The lowest BCUT2D eigenvalue weighted by molar-refractivity contribution is -0.139. The van der Waals surface area contributed by atoms with Crippen molar-refractivity contribution in [3.63, 3.8) is 0 Å².